The number of carbonyl (C=O) groups excluding carboxylic acids is 1. The second kappa shape index (κ2) is 7.40. The quantitative estimate of drug-likeness (QED) is 0.789. The topological polar surface area (TPSA) is 51.2 Å². The molecule has 2 aromatic rings. The van der Waals surface area contributed by atoms with E-state index in [1.54, 1.807) is 11.3 Å². The molecule has 0 amide bonds. The first-order valence-electron chi connectivity index (χ1n) is 6.54. The van der Waals surface area contributed by atoms with Gasteiger partial charge in [0, 0.05) is 10.3 Å². The van der Waals surface area contributed by atoms with Crippen LogP contribution in [0.15, 0.2) is 22.9 Å². The van der Waals surface area contributed by atoms with Gasteiger partial charge in [0.25, 0.3) is 0 Å². The number of carbonyl (C=O) groups is 1. The van der Waals surface area contributed by atoms with Crippen LogP contribution in [-0.2, 0) is 16.0 Å². The lowest BCUT2D eigenvalue weighted by molar-refractivity contribution is -0.139. The van der Waals surface area contributed by atoms with Crippen LogP contribution >= 0.6 is 22.7 Å². The number of nitrogens with zero attached hydrogens (tertiary/aromatic N) is 1. The Morgan fingerprint density at radius 3 is 3.00 bits per heavy atom. The molecular weight excluding hydrogens is 292 g/mol. The standard InChI is InChI=1S/C14H18N2O2S2/c1-3-5-11(12-6-4-7-19-12)16-14-15-10(9-20-14)8-13(17)18-2/h4,6-7,9,11H,3,5,8H2,1-2H3,(H,15,16). The van der Waals surface area contributed by atoms with Gasteiger partial charge in [-0.2, -0.15) is 0 Å². The Kier molecular flexibility index (Phi) is 5.55. The van der Waals surface area contributed by atoms with E-state index in [0.29, 0.717) is 0 Å². The van der Waals surface area contributed by atoms with E-state index in [-0.39, 0.29) is 18.4 Å². The molecule has 2 aromatic heterocycles. The van der Waals surface area contributed by atoms with Crippen LogP contribution in [0.3, 0.4) is 0 Å². The fraction of sp³-hybridized carbons (Fsp3) is 0.429. The van der Waals surface area contributed by atoms with Crippen molar-refractivity contribution in [2.45, 2.75) is 32.2 Å². The van der Waals surface area contributed by atoms with Gasteiger partial charge in [-0.15, -0.1) is 22.7 Å². The molecule has 2 heterocycles. The fourth-order valence-electron chi connectivity index (χ4n) is 1.89. The molecule has 0 spiro atoms. The maximum Gasteiger partial charge on any atom is 0.311 e. The number of nitrogens with one attached hydrogen (secondary N) is 1. The summed E-state index contributed by atoms with van der Waals surface area (Å²) < 4.78 is 4.65. The average molecular weight is 310 g/mol. The molecule has 108 valence electrons. The molecule has 0 aliphatic rings. The summed E-state index contributed by atoms with van der Waals surface area (Å²) in [5, 5.41) is 8.30. The number of anilines is 1. The number of rotatable bonds is 7. The highest BCUT2D eigenvalue weighted by Gasteiger charge is 2.14. The molecule has 0 bridgehead atoms. The molecule has 4 nitrogen and oxygen atoms in total. The number of hydrogen-bond donors (Lipinski definition) is 1. The van der Waals surface area contributed by atoms with E-state index in [1.807, 2.05) is 5.38 Å². The first-order chi connectivity index (χ1) is 9.72. The van der Waals surface area contributed by atoms with Gasteiger partial charge in [-0.1, -0.05) is 19.4 Å². The highest BCUT2D eigenvalue weighted by Crippen LogP contribution is 2.29. The van der Waals surface area contributed by atoms with Gasteiger partial charge in [0.15, 0.2) is 5.13 Å². The molecule has 6 heteroatoms. The maximum atomic E-state index is 11.2. The van der Waals surface area contributed by atoms with Crippen molar-refractivity contribution in [3.8, 4) is 0 Å². The Balaban J connectivity index is 2.02. The lowest BCUT2D eigenvalue weighted by Gasteiger charge is -2.15. The zero-order valence-electron chi connectivity index (χ0n) is 11.6. The average Bonchev–Trinajstić information content (AvgIpc) is 3.09. The van der Waals surface area contributed by atoms with Crippen LogP contribution in [0, 0.1) is 0 Å². The van der Waals surface area contributed by atoms with E-state index in [0.717, 1.165) is 23.7 Å². The molecule has 0 saturated carbocycles. The highest BCUT2D eigenvalue weighted by molar-refractivity contribution is 7.13. The number of thiophene rings is 1. The maximum absolute atomic E-state index is 11.2. The third-order valence-corrected chi connectivity index (χ3v) is 4.67. The second-order valence-electron chi connectivity index (χ2n) is 4.40. The van der Waals surface area contributed by atoms with Gasteiger partial charge < -0.3 is 10.1 Å². The lowest BCUT2D eigenvalue weighted by atomic mass is 10.1. The highest BCUT2D eigenvalue weighted by atomic mass is 32.1. The fourth-order valence-corrected chi connectivity index (χ4v) is 3.46. The Bertz CT molecular complexity index is 537. The van der Waals surface area contributed by atoms with Gasteiger partial charge >= 0.3 is 5.97 Å². The van der Waals surface area contributed by atoms with E-state index in [2.05, 4.69) is 39.5 Å². The van der Waals surface area contributed by atoms with Crippen LogP contribution in [0.25, 0.3) is 0 Å². The summed E-state index contributed by atoms with van der Waals surface area (Å²) in [7, 11) is 1.39. The summed E-state index contributed by atoms with van der Waals surface area (Å²) in [6, 6.07) is 4.49. The Morgan fingerprint density at radius 1 is 1.50 bits per heavy atom. The predicted octanol–water partition coefficient (Wildman–Crippen LogP) is 3.87. The van der Waals surface area contributed by atoms with E-state index in [9.17, 15) is 4.79 Å². The van der Waals surface area contributed by atoms with Crippen LogP contribution in [0.5, 0.6) is 0 Å². The Morgan fingerprint density at radius 2 is 2.35 bits per heavy atom. The number of thiazole rings is 1. The summed E-state index contributed by atoms with van der Waals surface area (Å²) in [6.45, 7) is 2.17. The molecular formula is C14H18N2O2S2. The molecule has 0 fully saturated rings. The van der Waals surface area contributed by atoms with Gasteiger partial charge in [-0.05, 0) is 17.9 Å². The summed E-state index contributed by atoms with van der Waals surface area (Å²) in [4.78, 5) is 17.0. The number of ether oxygens (including phenoxy) is 1. The van der Waals surface area contributed by atoms with Gasteiger partial charge in [0.2, 0.25) is 0 Å². The van der Waals surface area contributed by atoms with Crippen molar-refractivity contribution in [3.05, 3.63) is 33.5 Å². The normalized spacial score (nSPS) is 12.1. The van der Waals surface area contributed by atoms with E-state index >= 15 is 0 Å². The number of aromatic nitrogens is 1. The molecule has 0 aliphatic carbocycles. The van der Waals surface area contributed by atoms with Crippen LogP contribution in [0.2, 0.25) is 0 Å². The summed E-state index contributed by atoms with van der Waals surface area (Å²) in [5.41, 5.74) is 0.755. The van der Waals surface area contributed by atoms with Crippen molar-refractivity contribution in [3.63, 3.8) is 0 Å². The van der Waals surface area contributed by atoms with Gasteiger partial charge in [0.1, 0.15) is 0 Å². The van der Waals surface area contributed by atoms with Gasteiger partial charge in [0.05, 0.1) is 25.3 Å². The molecule has 1 N–H and O–H groups in total. The molecule has 0 aromatic carbocycles. The van der Waals surface area contributed by atoms with Crippen LogP contribution in [0.4, 0.5) is 5.13 Å². The minimum absolute atomic E-state index is 0.228. The van der Waals surface area contributed by atoms with E-state index < -0.39 is 0 Å². The monoisotopic (exact) mass is 310 g/mol. The summed E-state index contributed by atoms with van der Waals surface area (Å²) >= 11 is 3.28. The molecule has 0 aliphatic heterocycles. The van der Waals surface area contributed by atoms with Crippen LogP contribution in [0.1, 0.15) is 36.4 Å². The zero-order valence-corrected chi connectivity index (χ0v) is 13.2. The van der Waals surface area contributed by atoms with E-state index in [4.69, 9.17) is 0 Å². The van der Waals surface area contributed by atoms with E-state index in [1.165, 1.54) is 23.3 Å². The van der Waals surface area contributed by atoms with Crippen molar-refractivity contribution in [2.24, 2.45) is 0 Å². The largest absolute Gasteiger partial charge is 0.469 e. The second-order valence-corrected chi connectivity index (χ2v) is 6.24. The molecule has 20 heavy (non-hydrogen) atoms. The van der Waals surface area contributed by atoms with Crippen molar-refractivity contribution >= 4 is 33.8 Å². The summed E-state index contributed by atoms with van der Waals surface area (Å²) in [5.74, 6) is -0.259. The van der Waals surface area contributed by atoms with Crippen LogP contribution < -0.4 is 5.32 Å². The minimum Gasteiger partial charge on any atom is -0.469 e. The number of methoxy groups -OCH3 is 1. The molecule has 2 rings (SSSR count). The third-order valence-electron chi connectivity index (χ3n) is 2.87. The molecule has 0 saturated heterocycles. The first kappa shape index (κ1) is 15.0. The smallest absolute Gasteiger partial charge is 0.311 e. The molecule has 1 unspecified atom stereocenters. The van der Waals surface area contributed by atoms with Crippen LogP contribution in [-0.4, -0.2) is 18.1 Å². The minimum atomic E-state index is -0.259. The number of hydrogen-bond acceptors (Lipinski definition) is 6. The van der Waals surface area contributed by atoms with Crippen molar-refractivity contribution < 1.29 is 9.53 Å². The third kappa shape index (κ3) is 4.05. The van der Waals surface area contributed by atoms with Crippen molar-refractivity contribution in [1.82, 2.24) is 4.98 Å². The SMILES string of the molecule is CCCC(Nc1nc(CC(=O)OC)cs1)c1cccs1. The predicted molar refractivity (Wildman–Crippen MR) is 83.4 cm³/mol. The Hall–Kier alpha value is -1.40. The Labute approximate surface area is 126 Å². The van der Waals surface area contributed by atoms with Gasteiger partial charge in [-0.25, -0.2) is 4.98 Å². The number of esters is 1. The molecule has 0 radical (unpaired) electrons. The molecule has 1 atom stereocenters. The van der Waals surface area contributed by atoms with Gasteiger partial charge in [-0.3, -0.25) is 4.79 Å². The van der Waals surface area contributed by atoms with Crippen molar-refractivity contribution in [1.29, 1.82) is 0 Å². The first-order valence-corrected chi connectivity index (χ1v) is 8.30. The lowest BCUT2D eigenvalue weighted by Crippen LogP contribution is -2.09. The summed E-state index contributed by atoms with van der Waals surface area (Å²) in [6.07, 6.45) is 2.40. The van der Waals surface area contributed by atoms with Crippen molar-refractivity contribution in [2.75, 3.05) is 12.4 Å². The zero-order chi connectivity index (χ0) is 14.4.